The monoisotopic (exact) mass is 382 g/mol. The Morgan fingerprint density at radius 1 is 1.20 bits per heavy atom. The molecule has 0 fully saturated rings. The quantitative estimate of drug-likeness (QED) is 0.330. The third-order valence-electron chi connectivity index (χ3n) is 2.50. The zero-order valence-electron chi connectivity index (χ0n) is 10.2. The van der Waals surface area contributed by atoms with Gasteiger partial charge < -0.3 is 10.2 Å². The van der Waals surface area contributed by atoms with E-state index in [1.165, 1.54) is 12.3 Å². The summed E-state index contributed by atoms with van der Waals surface area (Å²) in [5, 5.41) is 22.6. The number of carbonyl (C=O) groups is 1. The number of benzene rings is 2. The minimum Gasteiger partial charge on any atom is -0.504 e. The number of hydrogen-bond acceptors (Lipinski definition) is 4. The van der Waals surface area contributed by atoms with E-state index in [1.54, 1.807) is 30.3 Å². The van der Waals surface area contributed by atoms with Gasteiger partial charge in [0.2, 0.25) is 0 Å². The molecule has 0 unspecified atom stereocenters. The van der Waals surface area contributed by atoms with Crippen molar-refractivity contribution >= 4 is 34.7 Å². The molecule has 1 amide bonds. The first kappa shape index (κ1) is 14.3. The topological polar surface area (TPSA) is 81.9 Å². The van der Waals surface area contributed by atoms with Crippen molar-refractivity contribution in [1.29, 1.82) is 0 Å². The van der Waals surface area contributed by atoms with E-state index in [9.17, 15) is 15.0 Å². The van der Waals surface area contributed by atoms with Crippen LogP contribution in [0.2, 0.25) is 0 Å². The van der Waals surface area contributed by atoms with Crippen LogP contribution in [0.4, 0.5) is 0 Å². The predicted octanol–water partition coefficient (Wildman–Crippen LogP) is 2.47. The minimum atomic E-state index is -0.348. The summed E-state index contributed by atoms with van der Waals surface area (Å²) in [7, 11) is 0. The van der Waals surface area contributed by atoms with Crippen molar-refractivity contribution in [2.45, 2.75) is 0 Å². The zero-order chi connectivity index (χ0) is 14.5. The molecule has 2 rings (SSSR count). The Hall–Kier alpha value is -2.09. The van der Waals surface area contributed by atoms with Crippen LogP contribution in [0.25, 0.3) is 0 Å². The molecular weight excluding hydrogens is 371 g/mol. The van der Waals surface area contributed by atoms with Crippen molar-refractivity contribution < 1.29 is 15.0 Å². The molecule has 2 aromatic carbocycles. The molecule has 2 aromatic rings. The number of hydrogen-bond donors (Lipinski definition) is 3. The fraction of sp³-hybridized carbons (Fsp3) is 0. The molecule has 3 N–H and O–H groups in total. The van der Waals surface area contributed by atoms with Crippen molar-refractivity contribution in [3.05, 3.63) is 57.2 Å². The second-order valence-corrected chi connectivity index (χ2v) is 5.17. The van der Waals surface area contributed by atoms with E-state index in [2.05, 4.69) is 33.1 Å². The smallest absolute Gasteiger partial charge is 0.271 e. The number of phenolic OH excluding ortho intramolecular Hbond substituents is 2. The van der Waals surface area contributed by atoms with E-state index in [-0.39, 0.29) is 17.4 Å². The summed E-state index contributed by atoms with van der Waals surface area (Å²) in [4.78, 5) is 11.8. The number of nitrogens with one attached hydrogen (secondary N) is 1. The summed E-state index contributed by atoms with van der Waals surface area (Å²) in [6, 6.07) is 11.6. The summed E-state index contributed by atoms with van der Waals surface area (Å²) in [5.74, 6) is -0.864. The molecular formula is C14H11IN2O3. The number of carbonyl (C=O) groups excluding carboxylic acids is 1. The van der Waals surface area contributed by atoms with Crippen LogP contribution in [0.15, 0.2) is 47.6 Å². The first-order valence-electron chi connectivity index (χ1n) is 5.68. The normalized spacial score (nSPS) is 10.7. The number of amides is 1. The number of para-hydroxylation sites is 1. The fourth-order valence-corrected chi connectivity index (χ4v) is 2.05. The van der Waals surface area contributed by atoms with Crippen molar-refractivity contribution in [1.82, 2.24) is 5.43 Å². The fourth-order valence-electron chi connectivity index (χ4n) is 1.51. The van der Waals surface area contributed by atoms with Gasteiger partial charge in [-0.2, -0.15) is 5.10 Å². The molecule has 0 aliphatic heterocycles. The Balaban J connectivity index is 2.07. The molecule has 0 bridgehead atoms. The molecule has 102 valence electrons. The highest BCUT2D eigenvalue weighted by Gasteiger charge is 2.05. The van der Waals surface area contributed by atoms with Gasteiger partial charge in [0.25, 0.3) is 5.91 Å². The van der Waals surface area contributed by atoms with Gasteiger partial charge in [-0.25, -0.2) is 5.43 Å². The number of aromatic hydroxyl groups is 2. The Morgan fingerprint density at radius 3 is 2.70 bits per heavy atom. The van der Waals surface area contributed by atoms with Gasteiger partial charge >= 0.3 is 0 Å². The van der Waals surface area contributed by atoms with Gasteiger partial charge in [0.15, 0.2) is 11.5 Å². The molecule has 0 aliphatic rings. The van der Waals surface area contributed by atoms with E-state index in [4.69, 9.17) is 0 Å². The molecule has 0 atom stereocenters. The second-order valence-electron chi connectivity index (χ2n) is 3.92. The molecule has 0 saturated carbocycles. The molecule has 0 aliphatic carbocycles. The van der Waals surface area contributed by atoms with Crippen LogP contribution in [-0.2, 0) is 0 Å². The summed E-state index contributed by atoms with van der Waals surface area (Å²) >= 11 is 2.11. The third kappa shape index (κ3) is 3.47. The van der Waals surface area contributed by atoms with Gasteiger partial charge in [-0.3, -0.25) is 4.79 Å². The predicted molar refractivity (Wildman–Crippen MR) is 84.0 cm³/mol. The van der Waals surface area contributed by atoms with Crippen molar-refractivity contribution in [2.24, 2.45) is 5.10 Å². The van der Waals surface area contributed by atoms with Crippen molar-refractivity contribution in [3.8, 4) is 11.5 Å². The number of halogens is 1. The number of nitrogens with zero attached hydrogens (tertiary/aromatic N) is 1. The SMILES string of the molecule is O=C(N/N=C/c1cccc(O)c1O)c1cccc(I)c1. The Labute approximate surface area is 129 Å². The Kier molecular flexibility index (Phi) is 4.57. The summed E-state index contributed by atoms with van der Waals surface area (Å²) < 4.78 is 0.949. The molecule has 0 aromatic heterocycles. The lowest BCUT2D eigenvalue weighted by molar-refractivity contribution is 0.0955. The lowest BCUT2D eigenvalue weighted by atomic mass is 10.2. The zero-order valence-corrected chi connectivity index (χ0v) is 12.4. The maximum Gasteiger partial charge on any atom is 0.271 e. The number of rotatable bonds is 3. The standard InChI is InChI=1S/C14H11IN2O3/c15-11-5-1-3-9(7-11)14(20)17-16-8-10-4-2-6-12(18)13(10)19/h1-8,18-19H,(H,17,20)/b16-8+. The molecule has 5 nitrogen and oxygen atoms in total. The highest BCUT2D eigenvalue weighted by atomic mass is 127. The highest BCUT2D eigenvalue weighted by molar-refractivity contribution is 14.1. The maximum absolute atomic E-state index is 11.8. The first-order valence-corrected chi connectivity index (χ1v) is 6.75. The molecule has 0 saturated heterocycles. The molecule has 6 heteroatoms. The van der Waals surface area contributed by atoms with Gasteiger partial charge in [0, 0.05) is 14.7 Å². The molecule has 0 radical (unpaired) electrons. The van der Waals surface area contributed by atoms with Gasteiger partial charge in [0.1, 0.15) is 0 Å². The van der Waals surface area contributed by atoms with Gasteiger partial charge in [0.05, 0.1) is 6.21 Å². The van der Waals surface area contributed by atoms with E-state index in [0.717, 1.165) is 3.57 Å². The van der Waals surface area contributed by atoms with Crippen LogP contribution in [0.1, 0.15) is 15.9 Å². The van der Waals surface area contributed by atoms with Crippen LogP contribution in [0.5, 0.6) is 11.5 Å². The average molecular weight is 382 g/mol. The van der Waals surface area contributed by atoms with Crippen molar-refractivity contribution in [2.75, 3.05) is 0 Å². The van der Waals surface area contributed by atoms with E-state index >= 15 is 0 Å². The maximum atomic E-state index is 11.8. The first-order chi connectivity index (χ1) is 9.58. The van der Waals surface area contributed by atoms with E-state index < -0.39 is 0 Å². The lowest BCUT2D eigenvalue weighted by Gasteiger charge is -2.02. The third-order valence-corrected chi connectivity index (χ3v) is 3.17. The molecule has 0 spiro atoms. The molecule has 20 heavy (non-hydrogen) atoms. The lowest BCUT2D eigenvalue weighted by Crippen LogP contribution is -2.17. The second kappa shape index (κ2) is 6.38. The summed E-state index contributed by atoms with van der Waals surface area (Å²) in [6.07, 6.45) is 1.26. The van der Waals surface area contributed by atoms with Crippen LogP contribution < -0.4 is 5.43 Å². The van der Waals surface area contributed by atoms with Crippen LogP contribution >= 0.6 is 22.6 Å². The number of hydrazone groups is 1. The number of phenols is 2. The van der Waals surface area contributed by atoms with Crippen LogP contribution in [0.3, 0.4) is 0 Å². The minimum absolute atomic E-state index is 0.238. The average Bonchev–Trinajstić information content (AvgIpc) is 2.43. The van der Waals surface area contributed by atoms with E-state index in [1.807, 2.05) is 6.07 Å². The summed E-state index contributed by atoms with van der Waals surface area (Å²) in [5.41, 5.74) is 3.16. The largest absolute Gasteiger partial charge is 0.504 e. The highest BCUT2D eigenvalue weighted by Crippen LogP contribution is 2.26. The molecule has 0 heterocycles. The van der Waals surface area contributed by atoms with Crippen LogP contribution in [-0.4, -0.2) is 22.3 Å². The van der Waals surface area contributed by atoms with Crippen LogP contribution in [0, 0.1) is 3.57 Å². The van der Waals surface area contributed by atoms with Gasteiger partial charge in [-0.1, -0.05) is 12.1 Å². The van der Waals surface area contributed by atoms with Gasteiger partial charge in [-0.15, -0.1) is 0 Å². The Morgan fingerprint density at radius 2 is 1.95 bits per heavy atom. The van der Waals surface area contributed by atoms with E-state index in [0.29, 0.717) is 11.1 Å². The Bertz CT molecular complexity index is 671. The summed E-state index contributed by atoms with van der Waals surface area (Å²) in [6.45, 7) is 0. The van der Waals surface area contributed by atoms with Crippen molar-refractivity contribution in [3.63, 3.8) is 0 Å². The van der Waals surface area contributed by atoms with Gasteiger partial charge in [-0.05, 0) is 52.9 Å².